The molecular weight excluding hydrogens is 466 g/mol. The molecule has 9 heteroatoms. The smallest absolute Gasteiger partial charge is 0.333 e. The fraction of sp³-hybridized carbons (Fsp3) is 0.250. The fourth-order valence-electron chi connectivity index (χ4n) is 4.57. The number of H-pyrrole nitrogens is 1. The standard InChI is InChI=1S/C28H29N7O2/c1-4-5-9-22-18-35(26-19(2)8-6-11-24(26)37-3)28(36)34(22)17-20-12-14-21(15-13-20)23-10-7-16-29-25(23)27-30-32-33-31-27/h6-8,10-16,18H,4-5,9,17H2,1-3H3,(H,30,31,32,33). The summed E-state index contributed by atoms with van der Waals surface area (Å²) >= 11 is 0. The number of aromatic nitrogens is 7. The largest absolute Gasteiger partial charge is 0.495 e. The van der Waals surface area contributed by atoms with E-state index in [1.165, 1.54) is 0 Å². The Kier molecular flexibility index (Phi) is 6.93. The summed E-state index contributed by atoms with van der Waals surface area (Å²) in [7, 11) is 1.63. The van der Waals surface area contributed by atoms with Gasteiger partial charge in [-0.3, -0.25) is 14.1 Å². The molecule has 0 unspecified atom stereocenters. The molecule has 0 atom stereocenters. The number of imidazole rings is 1. The van der Waals surface area contributed by atoms with Crippen LogP contribution in [-0.2, 0) is 13.0 Å². The van der Waals surface area contributed by atoms with Gasteiger partial charge in [-0.1, -0.05) is 55.8 Å². The molecule has 3 heterocycles. The number of aryl methyl sites for hydroxylation is 2. The van der Waals surface area contributed by atoms with E-state index in [0.717, 1.165) is 52.9 Å². The molecular formula is C28H29N7O2. The van der Waals surface area contributed by atoms with Crippen molar-refractivity contribution < 1.29 is 4.74 Å². The lowest BCUT2D eigenvalue weighted by molar-refractivity contribution is 0.412. The quantitative estimate of drug-likeness (QED) is 0.321. The van der Waals surface area contributed by atoms with Crippen molar-refractivity contribution in [3.63, 3.8) is 0 Å². The van der Waals surface area contributed by atoms with E-state index < -0.39 is 0 Å². The van der Waals surface area contributed by atoms with Gasteiger partial charge in [0.2, 0.25) is 5.82 Å². The molecule has 0 radical (unpaired) electrons. The van der Waals surface area contributed by atoms with Crippen LogP contribution >= 0.6 is 0 Å². The predicted octanol–water partition coefficient (Wildman–Crippen LogP) is 4.59. The number of aromatic amines is 1. The zero-order valence-electron chi connectivity index (χ0n) is 21.2. The zero-order chi connectivity index (χ0) is 25.8. The molecule has 0 aliphatic rings. The number of ether oxygens (including phenoxy) is 1. The van der Waals surface area contributed by atoms with E-state index in [4.69, 9.17) is 4.74 Å². The van der Waals surface area contributed by atoms with E-state index in [0.29, 0.717) is 23.8 Å². The normalized spacial score (nSPS) is 11.1. The summed E-state index contributed by atoms with van der Waals surface area (Å²) in [5.41, 5.74) is 6.29. The van der Waals surface area contributed by atoms with Crippen LogP contribution in [-0.4, -0.2) is 41.9 Å². The van der Waals surface area contributed by atoms with E-state index in [1.54, 1.807) is 17.9 Å². The molecule has 0 saturated carbocycles. The molecule has 5 rings (SSSR count). The van der Waals surface area contributed by atoms with Crippen LogP contribution in [0.4, 0.5) is 0 Å². The first-order valence-corrected chi connectivity index (χ1v) is 12.3. The van der Waals surface area contributed by atoms with Crippen LogP contribution in [0.2, 0.25) is 0 Å². The molecule has 0 spiro atoms. The molecule has 0 amide bonds. The van der Waals surface area contributed by atoms with Crippen LogP contribution in [0.1, 0.15) is 36.6 Å². The number of hydrogen-bond acceptors (Lipinski definition) is 6. The van der Waals surface area contributed by atoms with Crippen LogP contribution in [0, 0.1) is 6.92 Å². The number of unbranched alkanes of at least 4 members (excludes halogenated alkanes) is 1. The molecule has 0 fully saturated rings. The Balaban J connectivity index is 1.50. The molecule has 5 aromatic rings. The first kappa shape index (κ1) is 24.2. The minimum Gasteiger partial charge on any atom is -0.495 e. The van der Waals surface area contributed by atoms with Gasteiger partial charge >= 0.3 is 5.69 Å². The summed E-state index contributed by atoms with van der Waals surface area (Å²) in [6, 6.07) is 17.8. The average Bonchev–Trinajstić information content (AvgIpc) is 3.57. The Morgan fingerprint density at radius 3 is 2.62 bits per heavy atom. The molecule has 3 aromatic heterocycles. The van der Waals surface area contributed by atoms with Gasteiger partial charge in [0.1, 0.15) is 11.4 Å². The number of nitrogens with zero attached hydrogens (tertiary/aromatic N) is 6. The highest BCUT2D eigenvalue weighted by atomic mass is 16.5. The number of rotatable bonds is 9. The lowest BCUT2D eigenvalue weighted by Crippen LogP contribution is -2.25. The number of pyridine rings is 1. The number of benzene rings is 2. The van der Waals surface area contributed by atoms with Gasteiger partial charge in [0.05, 0.1) is 19.3 Å². The van der Waals surface area contributed by atoms with Gasteiger partial charge in [-0.25, -0.2) is 4.79 Å². The first-order chi connectivity index (χ1) is 18.1. The third-order valence-corrected chi connectivity index (χ3v) is 6.48. The number of tetrazole rings is 1. The van der Waals surface area contributed by atoms with E-state index in [-0.39, 0.29) is 5.69 Å². The second-order valence-electron chi connectivity index (χ2n) is 8.92. The summed E-state index contributed by atoms with van der Waals surface area (Å²) < 4.78 is 9.18. The molecule has 2 aromatic carbocycles. The maximum absolute atomic E-state index is 13.7. The van der Waals surface area contributed by atoms with Crippen molar-refractivity contribution in [2.24, 2.45) is 0 Å². The zero-order valence-corrected chi connectivity index (χ0v) is 21.2. The second kappa shape index (κ2) is 10.6. The minimum absolute atomic E-state index is 0.0746. The highest BCUT2D eigenvalue weighted by molar-refractivity contribution is 5.77. The SMILES string of the molecule is CCCCc1cn(-c2c(C)cccc2OC)c(=O)n1Cc1ccc(-c2cccnc2-c2nn[nH]n2)cc1. The number of nitrogens with one attached hydrogen (secondary N) is 1. The number of hydrogen-bond donors (Lipinski definition) is 1. The second-order valence-corrected chi connectivity index (χ2v) is 8.92. The molecule has 0 saturated heterocycles. The lowest BCUT2D eigenvalue weighted by Gasteiger charge is -2.11. The highest BCUT2D eigenvalue weighted by Gasteiger charge is 2.18. The van der Waals surface area contributed by atoms with Gasteiger partial charge in [0, 0.05) is 23.7 Å². The van der Waals surface area contributed by atoms with Crippen LogP contribution < -0.4 is 10.4 Å². The van der Waals surface area contributed by atoms with Crippen molar-refractivity contribution in [3.8, 4) is 34.1 Å². The van der Waals surface area contributed by atoms with Crippen LogP contribution in [0.15, 0.2) is 71.8 Å². The van der Waals surface area contributed by atoms with Crippen LogP contribution in [0.25, 0.3) is 28.3 Å². The molecule has 0 bridgehead atoms. The lowest BCUT2D eigenvalue weighted by atomic mass is 10.0. The fourth-order valence-corrected chi connectivity index (χ4v) is 4.57. The highest BCUT2D eigenvalue weighted by Crippen LogP contribution is 2.29. The van der Waals surface area contributed by atoms with Gasteiger partial charge < -0.3 is 4.74 Å². The van der Waals surface area contributed by atoms with Crippen molar-refractivity contribution in [2.45, 2.75) is 39.7 Å². The van der Waals surface area contributed by atoms with Gasteiger partial charge in [-0.05, 0) is 53.8 Å². The summed E-state index contributed by atoms with van der Waals surface area (Å²) in [6.45, 7) is 4.63. The summed E-state index contributed by atoms with van der Waals surface area (Å²) in [4.78, 5) is 18.1. The van der Waals surface area contributed by atoms with Gasteiger partial charge in [-0.15, -0.1) is 10.2 Å². The Hall–Kier alpha value is -4.53. The van der Waals surface area contributed by atoms with Crippen molar-refractivity contribution in [1.29, 1.82) is 0 Å². The molecule has 9 nitrogen and oxygen atoms in total. The topological polar surface area (TPSA) is 104 Å². The van der Waals surface area contributed by atoms with E-state index >= 15 is 0 Å². The van der Waals surface area contributed by atoms with Crippen molar-refractivity contribution in [1.82, 2.24) is 34.7 Å². The van der Waals surface area contributed by atoms with E-state index in [1.807, 2.05) is 72.3 Å². The van der Waals surface area contributed by atoms with Crippen LogP contribution in [0.3, 0.4) is 0 Å². The third-order valence-electron chi connectivity index (χ3n) is 6.48. The molecule has 0 aliphatic carbocycles. The van der Waals surface area contributed by atoms with E-state index in [2.05, 4.69) is 32.5 Å². The van der Waals surface area contributed by atoms with Gasteiger partial charge in [-0.2, -0.15) is 5.21 Å². The Morgan fingerprint density at radius 1 is 1.05 bits per heavy atom. The summed E-state index contributed by atoms with van der Waals surface area (Å²) in [5.74, 6) is 1.12. The van der Waals surface area contributed by atoms with Crippen molar-refractivity contribution in [2.75, 3.05) is 7.11 Å². The Labute approximate surface area is 214 Å². The average molecular weight is 496 g/mol. The Bertz CT molecular complexity index is 1550. The predicted molar refractivity (Wildman–Crippen MR) is 142 cm³/mol. The minimum atomic E-state index is -0.0746. The molecule has 37 heavy (non-hydrogen) atoms. The first-order valence-electron chi connectivity index (χ1n) is 12.3. The van der Waals surface area contributed by atoms with E-state index in [9.17, 15) is 4.79 Å². The Morgan fingerprint density at radius 2 is 1.89 bits per heavy atom. The number of methoxy groups -OCH3 is 1. The molecule has 0 aliphatic heterocycles. The van der Waals surface area contributed by atoms with Gasteiger partial charge in [0.15, 0.2) is 0 Å². The number of para-hydroxylation sites is 1. The monoisotopic (exact) mass is 495 g/mol. The summed E-state index contributed by atoms with van der Waals surface area (Å²) in [5, 5.41) is 14.3. The maximum atomic E-state index is 13.7. The van der Waals surface area contributed by atoms with Crippen LogP contribution in [0.5, 0.6) is 5.75 Å². The summed E-state index contributed by atoms with van der Waals surface area (Å²) in [6.07, 6.45) is 6.56. The third kappa shape index (κ3) is 4.80. The molecule has 188 valence electrons. The maximum Gasteiger partial charge on any atom is 0.333 e. The van der Waals surface area contributed by atoms with Crippen molar-refractivity contribution in [3.05, 3.63) is 94.3 Å². The van der Waals surface area contributed by atoms with Gasteiger partial charge in [0.25, 0.3) is 0 Å². The molecule has 1 N–H and O–H groups in total. The van der Waals surface area contributed by atoms with Crippen molar-refractivity contribution >= 4 is 0 Å².